The molecule has 2 atom stereocenters. The first-order valence-corrected chi connectivity index (χ1v) is 10.9. The number of ketones is 1. The number of carbonyl (C=O) groups is 4. The standard InChI is InChI=1S/C19H20F2N4O5.C4H9F/c20-11-3-10-5-14(25-17(10)12(21)6-11)19(30)23-7-16(28)24-13(15(27)8-26)4-9-1-2-22-18(9)29;1-4(2,3)5/h3,5-6,9,13,25-26H,1-2,4,7-8H2,(H,22,29)(H,23,30)(H,24,28);1-3H3/t9-,13?;/m0./s1. The van der Waals surface area contributed by atoms with Gasteiger partial charge in [-0.25, -0.2) is 13.2 Å². The maximum atomic E-state index is 13.7. The summed E-state index contributed by atoms with van der Waals surface area (Å²) in [4.78, 5) is 50.5. The lowest BCUT2D eigenvalue weighted by atomic mass is 9.96. The Morgan fingerprint density at radius 2 is 1.86 bits per heavy atom. The fourth-order valence-corrected chi connectivity index (χ4v) is 3.32. The van der Waals surface area contributed by atoms with E-state index in [1.165, 1.54) is 26.8 Å². The van der Waals surface area contributed by atoms with Crippen LogP contribution in [0, 0.1) is 17.6 Å². The van der Waals surface area contributed by atoms with Crippen LogP contribution in [-0.4, -0.2) is 65.0 Å². The minimum absolute atomic E-state index is 0.0395. The van der Waals surface area contributed by atoms with E-state index >= 15 is 0 Å². The molecule has 2 aromatic rings. The van der Waals surface area contributed by atoms with Gasteiger partial charge in [0.15, 0.2) is 5.78 Å². The molecule has 0 bridgehead atoms. The molecule has 1 fully saturated rings. The van der Waals surface area contributed by atoms with Crippen LogP contribution in [0.1, 0.15) is 44.1 Å². The second kappa shape index (κ2) is 11.8. The van der Waals surface area contributed by atoms with Gasteiger partial charge in [-0.05, 0) is 45.7 Å². The van der Waals surface area contributed by atoms with Crippen LogP contribution in [0.3, 0.4) is 0 Å². The molecule has 9 nitrogen and oxygen atoms in total. The van der Waals surface area contributed by atoms with Gasteiger partial charge in [-0.1, -0.05) is 0 Å². The van der Waals surface area contributed by atoms with Crippen molar-refractivity contribution in [2.45, 2.75) is 45.3 Å². The Bertz CT molecular complexity index is 1090. The highest BCUT2D eigenvalue weighted by Crippen LogP contribution is 2.20. The monoisotopic (exact) mass is 498 g/mol. The number of aliphatic hydroxyl groups excluding tert-OH is 1. The molecule has 2 heterocycles. The van der Waals surface area contributed by atoms with Crippen LogP contribution >= 0.6 is 0 Å². The van der Waals surface area contributed by atoms with Gasteiger partial charge in [0.2, 0.25) is 11.8 Å². The van der Waals surface area contributed by atoms with Crippen molar-refractivity contribution >= 4 is 34.4 Å². The Hall–Kier alpha value is -3.41. The second-order valence-corrected chi connectivity index (χ2v) is 9.04. The summed E-state index contributed by atoms with van der Waals surface area (Å²) in [5, 5.41) is 16.6. The third-order valence-corrected chi connectivity index (χ3v) is 4.86. The third-order valence-electron chi connectivity index (χ3n) is 4.86. The summed E-state index contributed by atoms with van der Waals surface area (Å²) in [6, 6.07) is 1.91. The molecule has 0 spiro atoms. The summed E-state index contributed by atoms with van der Waals surface area (Å²) in [5.74, 6) is -4.42. The zero-order valence-electron chi connectivity index (χ0n) is 19.6. The van der Waals surface area contributed by atoms with E-state index in [4.69, 9.17) is 5.11 Å². The van der Waals surface area contributed by atoms with E-state index in [0.29, 0.717) is 19.0 Å². The number of hydrogen-bond donors (Lipinski definition) is 5. The summed E-state index contributed by atoms with van der Waals surface area (Å²) in [6.07, 6.45) is 0.552. The molecule has 0 aliphatic carbocycles. The van der Waals surface area contributed by atoms with Gasteiger partial charge in [-0.15, -0.1) is 0 Å². The summed E-state index contributed by atoms with van der Waals surface area (Å²) < 4.78 is 38.7. The van der Waals surface area contributed by atoms with Crippen LogP contribution in [0.2, 0.25) is 0 Å². The molecule has 1 aliphatic rings. The number of carbonyl (C=O) groups excluding carboxylic acids is 4. The number of Topliss-reactive ketones (excluding diaryl/α,β-unsaturated/α-hetero) is 1. The van der Waals surface area contributed by atoms with Crippen molar-refractivity contribution in [3.8, 4) is 0 Å². The van der Waals surface area contributed by atoms with Gasteiger partial charge in [-0.3, -0.25) is 19.2 Å². The molecule has 1 aromatic heterocycles. The van der Waals surface area contributed by atoms with Gasteiger partial charge < -0.3 is 26.0 Å². The SMILES string of the molecule is CC(C)(C)F.O=C(CNC(=O)c1cc2cc(F)cc(F)c2[nH]1)NC(C[C@@H]1CCNC1=O)C(=O)CO. The molecule has 3 amide bonds. The maximum absolute atomic E-state index is 13.7. The highest BCUT2D eigenvalue weighted by atomic mass is 19.1. The smallest absolute Gasteiger partial charge is 0.268 e. The number of alkyl halides is 1. The van der Waals surface area contributed by atoms with Gasteiger partial charge in [0.25, 0.3) is 5.91 Å². The van der Waals surface area contributed by atoms with Crippen molar-refractivity contribution in [3.63, 3.8) is 0 Å². The Labute approximate surface area is 199 Å². The summed E-state index contributed by atoms with van der Waals surface area (Å²) >= 11 is 0. The Morgan fingerprint density at radius 1 is 1.20 bits per heavy atom. The van der Waals surface area contributed by atoms with Crippen molar-refractivity contribution in [2.75, 3.05) is 19.7 Å². The molecular formula is C23H29F3N4O5. The highest BCUT2D eigenvalue weighted by molar-refractivity contribution is 6.00. The van der Waals surface area contributed by atoms with E-state index in [0.717, 1.165) is 6.07 Å². The molecule has 0 radical (unpaired) electrons. The number of aromatic nitrogens is 1. The van der Waals surface area contributed by atoms with E-state index in [1.807, 2.05) is 0 Å². The van der Waals surface area contributed by atoms with Crippen molar-refractivity contribution in [1.82, 2.24) is 20.9 Å². The van der Waals surface area contributed by atoms with E-state index in [2.05, 4.69) is 20.9 Å². The minimum Gasteiger partial charge on any atom is -0.389 e. The number of nitrogens with one attached hydrogen (secondary N) is 4. The van der Waals surface area contributed by atoms with E-state index in [-0.39, 0.29) is 28.9 Å². The molecule has 1 saturated heterocycles. The van der Waals surface area contributed by atoms with Gasteiger partial charge in [-0.2, -0.15) is 0 Å². The molecule has 12 heteroatoms. The fraction of sp³-hybridized carbons (Fsp3) is 0.478. The first-order chi connectivity index (χ1) is 16.3. The molecular weight excluding hydrogens is 469 g/mol. The lowest BCUT2D eigenvalue weighted by Crippen LogP contribution is -2.47. The number of rotatable bonds is 8. The first kappa shape index (κ1) is 27.8. The zero-order chi connectivity index (χ0) is 26.3. The van der Waals surface area contributed by atoms with Crippen LogP contribution < -0.4 is 16.0 Å². The number of halogens is 3. The summed E-state index contributed by atoms with van der Waals surface area (Å²) in [7, 11) is 0. The molecule has 5 N–H and O–H groups in total. The lowest BCUT2D eigenvalue weighted by molar-refractivity contribution is -0.130. The fourth-order valence-electron chi connectivity index (χ4n) is 3.32. The number of aliphatic hydroxyl groups is 1. The first-order valence-electron chi connectivity index (χ1n) is 10.9. The Morgan fingerprint density at radius 3 is 2.43 bits per heavy atom. The predicted molar refractivity (Wildman–Crippen MR) is 121 cm³/mol. The third kappa shape index (κ3) is 8.71. The molecule has 0 saturated carbocycles. The van der Waals surface area contributed by atoms with Gasteiger partial charge in [0.1, 0.15) is 29.6 Å². The molecule has 3 rings (SSSR count). The van der Waals surface area contributed by atoms with E-state index in [1.54, 1.807) is 0 Å². The average Bonchev–Trinajstić information content (AvgIpc) is 3.36. The van der Waals surface area contributed by atoms with Gasteiger partial charge >= 0.3 is 0 Å². The average molecular weight is 499 g/mol. The zero-order valence-corrected chi connectivity index (χ0v) is 19.6. The Balaban J connectivity index is 0.000000784. The van der Waals surface area contributed by atoms with Crippen LogP contribution in [-0.2, 0) is 14.4 Å². The Kier molecular flexibility index (Phi) is 9.40. The molecule has 1 aromatic carbocycles. The van der Waals surface area contributed by atoms with Gasteiger partial charge in [0, 0.05) is 23.9 Å². The lowest BCUT2D eigenvalue weighted by Gasteiger charge is -2.19. The minimum atomic E-state index is -1.07. The maximum Gasteiger partial charge on any atom is 0.268 e. The molecule has 1 aliphatic heterocycles. The van der Waals surface area contributed by atoms with Crippen molar-refractivity contribution in [3.05, 3.63) is 35.5 Å². The number of benzene rings is 1. The van der Waals surface area contributed by atoms with Crippen molar-refractivity contribution < 1.29 is 37.5 Å². The normalized spacial score (nSPS) is 16.2. The molecule has 192 valence electrons. The topological polar surface area (TPSA) is 140 Å². The number of aromatic amines is 1. The quantitative estimate of drug-likeness (QED) is 0.375. The molecule has 1 unspecified atom stereocenters. The molecule has 35 heavy (non-hydrogen) atoms. The van der Waals surface area contributed by atoms with Crippen molar-refractivity contribution in [1.29, 1.82) is 0 Å². The van der Waals surface area contributed by atoms with Crippen LogP contribution in [0.4, 0.5) is 13.2 Å². The predicted octanol–water partition coefficient (Wildman–Crippen LogP) is 1.50. The van der Waals surface area contributed by atoms with Crippen molar-refractivity contribution in [2.24, 2.45) is 5.92 Å². The summed E-state index contributed by atoms with van der Waals surface area (Å²) in [5.41, 5.74) is -1.12. The van der Waals surface area contributed by atoms with Crippen LogP contribution in [0.15, 0.2) is 18.2 Å². The van der Waals surface area contributed by atoms with Gasteiger partial charge in [0.05, 0.1) is 18.1 Å². The number of fused-ring (bicyclic) bond motifs is 1. The summed E-state index contributed by atoms with van der Waals surface area (Å²) in [6.45, 7) is 3.73. The highest BCUT2D eigenvalue weighted by Gasteiger charge is 2.31. The van der Waals surface area contributed by atoms with Crippen LogP contribution in [0.25, 0.3) is 10.9 Å². The number of amides is 3. The number of H-pyrrole nitrogens is 1. The van der Waals surface area contributed by atoms with E-state index < -0.39 is 60.0 Å². The number of hydrogen-bond acceptors (Lipinski definition) is 5. The second-order valence-electron chi connectivity index (χ2n) is 9.04. The van der Waals surface area contributed by atoms with E-state index in [9.17, 15) is 32.3 Å². The largest absolute Gasteiger partial charge is 0.389 e. The van der Waals surface area contributed by atoms with Crippen LogP contribution in [0.5, 0.6) is 0 Å².